The zero-order valence-electron chi connectivity index (χ0n) is 14.5. The lowest BCUT2D eigenvalue weighted by Gasteiger charge is -2.10. The maximum absolute atomic E-state index is 14.4. The largest absolute Gasteiger partial charge is 0.324 e. The number of imidazole rings is 1. The van der Waals surface area contributed by atoms with E-state index < -0.39 is 11.6 Å². The standard InChI is InChI=1S/C21H16ClF2N3/c1-12(25)13-5-8-19-18(10-13)26-11-27(19)15-4-2-3-14(9-15)20-17(23)7-6-16(22)21(20)24/h2-12H,25H2,1H3/t12-/m1/s1. The molecule has 1 atom stereocenters. The Balaban J connectivity index is 1.85. The molecule has 27 heavy (non-hydrogen) atoms. The average molecular weight is 384 g/mol. The Labute approximate surface area is 160 Å². The van der Waals surface area contributed by atoms with Crippen molar-refractivity contribution in [2.75, 3.05) is 0 Å². The van der Waals surface area contributed by atoms with Gasteiger partial charge < -0.3 is 5.73 Å². The van der Waals surface area contributed by atoms with E-state index in [0.29, 0.717) is 5.56 Å². The first kappa shape index (κ1) is 17.6. The van der Waals surface area contributed by atoms with Crippen molar-refractivity contribution in [2.45, 2.75) is 13.0 Å². The molecule has 0 radical (unpaired) electrons. The van der Waals surface area contributed by atoms with Crippen LogP contribution in [0.25, 0.3) is 27.8 Å². The van der Waals surface area contributed by atoms with Crippen LogP contribution in [0.15, 0.2) is 60.9 Å². The Morgan fingerprint density at radius 2 is 1.89 bits per heavy atom. The second-order valence-corrected chi connectivity index (χ2v) is 6.83. The fraction of sp³-hybridized carbons (Fsp3) is 0.0952. The van der Waals surface area contributed by atoms with Gasteiger partial charge >= 0.3 is 0 Å². The van der Waals surface area contributed by atoms with Crippen LogP contribution in [0.3, 0.4) is 0 Å². The molecular weight excluding hydrogens is 368 g/mol. The molecule has 0 aliphatic carbocycles. The first-order valence-electron chi connectivity index (χ1n) is 8.42. The van der Waals surface area contributed by atoms with Crippen molar-refractivity contribution in [1.29, 1.82) is 0 Å². The summed E-state index contributed by atoms with van der Waals surface area (Å²) in [5.41, 5.74) is 9.60. The lowest BCUT2D eigenvalue weighted by molar-refractivity contribution is 0.590. The van der Waals surface area contributed by atoms with Crippen LogP contribution in [0.1, 0.15) is 18.5 Å². The molecular formula is C21H16ClF2N3. The summed E-state index contributed by atoms with van der Waals surface area (Å²) in [7, 11) is 0. The van der Waals surface area contributed by atoms with Gasteiger partial charge in [-0.25, -0.2) is 13.8 Å². The number of nitrogens with two attached hydrogens (primary N) is 1. The van der Waals surface area contributed by atoms with E-state index in [2.05, 4.69) is 4.98 Å². The van der Waals surface area contributed by atoms with Gasteiger partial charge in [0.05, 0.1) is 21.6 Å². The first-order chi connectivity index (χ1) is 13.0. The molecule has 0 amide bonds. The van der Waals surface area contributed by atoms with E-state index in [1.807, 2.05) is 35.8 Å². The summed E-state index contributed by atoms with van der Waals surface area (Å²) in [6, 6.07) is 15.1. The molecule has 0 spiro atoms. The minimum atomic E-state index is -0.772. The molecule has 0 saturated carbocycles. The van der Waals surface area contributed by atoms with Gasteiger partial charge in [0.15, 0.2) is 5.82 Å². The SMILES string of the molecule is C[C@@H](N)c1ccc2c(c1)ncn2-c1cccc(-c2c(F)ccc(Cl)c2F)c1. The molecule has 2 N–H and O–H groups in total. The van der Waals surface area contributed by atoms with Crippen LogP contribution in [0.5, 0.6) is 0 Å². The minimum Gasteiger partial charge on any atom is -0.324 e. The highest BCUT2D eigenvalue weighted by molar-refractivity contribution is 6.31. The monoisotopic (exact) mass is 383 g/mol. The molecule has 0 bridgehead atoms. The summed E-state index contributed by atoms with van der Waals surface area (Å²) in [5, 5.41) is -0.117. The van der Waals surface area contributed by atoms with Crippen LogP contribution in [-0.2, 0) is 0 Å². The van der Waals surface area contributed by atoms with Gasteiger partial charge in [0.2, 0.25) is 0 Å². The summed E-state index contributed by atoms with van der Waals surface area (Å²) < 4.78 is 30.5. The third kappa shape index (κ3) is 3.09. The average Bonchev–Trinajstić information content (AvgIpc) is 3.08. The van der Waals surface area contributed by atoms with Gasteiger partial charge in [0.25, 0.3) is 0 Å². The molecule has 3 nitrogen and oxygen atoms in total. The van der Waals surface area contributed by atoms with Crippen molar-refractivity contribution < 1.29 is 8.78 Å². The molecule has 136 valence electrons. The Morgan fingerprint density at radius 1 is 1.07 bits per heavy atom. The molecule has 3 aromatic carbocycles. The fourth-order valence-electron chi connectivity index (χ4n) is 3.12. The number of benzene rings is 3. The van der Waals surface area contributed by atoms with Gasteiger partial charge in [-0.05, 0) is 54.4 Å². The third-order valence-electron chi connectivity index (χ3n) is 4.55. The van der Waals surface area contributed by atoms with Gasteiger partial charge in [-0.15, -0.1) is 0 Å². The van der Waals surface area contributed by atoms with E-state index in [-0.39, 0.29) is 16.6 Å². The van der Waals surface area contributed by atoms with E-state index in [4.69, 9.17) is 17.3 Å². The van der Waals surface area contributed by atoms with Gasteiger partial charge in [-0.1, -0.05) is 29.8 Å². The van der Waals surface area contributed by atoms with E-state index in [0.717, 1.165) is 28.4 Å². The number of hydrogen-bond acceptors (Lipinski definition) is 2. The van der Waals surface area contributed by atoms with Crippen molar-refractivity contribution in [1.82, 2.24) is 9.55 Å². The molecule has 0 saturated heterocycles. The predicted molar refractivity (Wildman–Crippen MR) is 104 cm³/mol. The van der Waals surface area contributed by atoms with Crippen LogP contribution < -0.4 is 5.73 Å². The number of fused-ring (bicyclic) bond motifs is 1. The minimum absolute atomic E-state index is 0.0864. The van der Waals surface area contributed by atoms with Crippen LogP contribution in [-0.4, -0.2) is 9.55 Å². The maximum Gasteiger partial charge on any atom is 0.152 e. The second kappa shape index (κ2) is 6.76. The number of aromatic nitrogens is 2. The van der Waals surface area contributed by atoms with E-state index in [1.165, 1.54) is 6.07 Å². The van der Waals surface area contributed by atoms with E-state index in [9.17, 15) is 8.78 Å². The van der Waals surface area contributed by atoms with Gasteiger partial charge in [0, 0.05) is 11.7 Å². The van der Waals surface area contributed by atoms with E-state index in [1.54, 1.807) is 24.5 Å². The van der Waals surface area contributed by atoms with Gasteiger partial charge in [-0.3, -0.25) is 4.57 Å². The lowest BCUT2D eigenvalue weighted by atomic mass is 10.0. The summed E-state index contributed by atoms with van der Waals surface area (Å²) in [6.45, 7) is 1.91. The van der Waals surface area contributed by atoms with Crippen molar-refractivity contribution in [3.8, 4) is 16.8 Å². The molecule has 1 heterocycles. The van der Waals surface area contributed by atoms with Crippen LogP contribution in [0.4, 0.5) is 8.78 Å². The topological polar surface area (TPSA) is 43.8 Å². The van der Waals surface area contributed by atoms with Gasteiger partial charge in [0.1, 0.15) is 12.1 Å². The lowest BCUT2D eigenvalue weighted by Crippen LogP contribution is -2.04. The smallest absolute Gasteiger partial charge is 0.152 e. The number of rotatable bonds is 3. The second-order valence-electron chi connectivity index (χ2n) is 6.42. The van der Waals surface area contributed by atoms with Crippen molar-refractivity contribution in [2.24, 2.45) is 5.73 Å². The van der Waals surface area contributed by atoms with Crippen LogP contribution >= 0.6 is 11.6 Å². The number of halogens is 3. The highest BCUT2D eigenvalue weighted by Gasteiger charge is 2.16. The van der Waals surface area contributed by atoms with Crippen LogP contribution in [0, 0.1) is 11.6 Å². The summed E-state index contributed by atoms with van der Waals surface area (Å²) >= 11 is 5.83. The molecule has 0 aliphatic rings. The Kier molecular flexibility index (Phi) is 4.42. The van der Waals surface area contributed by atoms with Crippen molar-refractivity contribution in [3.63, 3.8) is 0 Å². The first-order valence-corrected chi connectivity index (χ1v) is 8.80. The molecule has 4 aromatic rings. The molecule has 0 unspecified atom stereocenters. The number of hydrogen-bond donors (Lipinski definition) is 1. The Hall–Kier alpha value is -2.76. The quantitative estimate of drug-likeness (QED) is 0.465. The zero-order valence-corrected chi connectivity index (χ0v) is 15.2. The fourth-order valence-corrected chi connectivity index (χ4v) is 3.28. The Bertz CT molecular complexity index is 1150. The highest BCUT2D eigenvalue weighted by atomic mass is 35.5. The van der Waals surface area contributed by atoms with Crippen LogP contribution in [0.2, 0.25) is 5.02 Å². The summed E-state index contributed by atoms with van der Waals surface area (Å²) in [4.78, 5) is 4.43. The summed E-state index contributed by atoms with van der Waals surface area (Å²) in [6.07, 6.45) is 1.68. The third-order valence-corrected chi connectivity index (χ3v) is 4.85. The molecule has 0 fully saturated rings. The predicted octanol–water partition coefficient (Wildman–Crippen LogP) is 5.64. The highest BCUT2D eigenvalue weighted by Crippen LogP contribution is 2.32. The van der Waals surface area contributed by atoms with E-state index >= 15 is 0 Å². The molecule has 0 aliphatic heterocycles. The molecule has 1 aromatic heterocycles. The summed E-state index contributed by atoms with van der Waals surface area (Å²) in [5.74, 6) is -1.43. The van der Waals surface area contributed by atoms with Crippen molar-refractivity contribution >= 4 is 22.6 Å². The number of nitrogens with zero attached hydrogens (tertiary/aromatic N) is 2. The maximum atomic E-state index is 14.4. The normalized spacial score (nSPS) is 12.5. The Morgan fingerprint density at radius 3 is 2.67 bits per heavy atom. The molecule has 4 rings (SSSR count). The van der Waals surface area contributed by atoms with Crippen molar-refractivity contribution in [3.05, 3.63) is 83.1 Å². The van der Waals surface area contributed by atoms with Gasteiger partial charge in [-0.2, -0.15) is 0 Å². The zero-order chi connectivity index (χ0) is 19.1. The molecule has 6 heteroatoms.